The Morgan fingerprint density at radius 2 is 1.80 bits per heavy atom. The monoisotopic (exact) mass is 281 g/mol. The lowest BCUT2D eigenvalue weighted by Gasteiger charge is -2.15. The van der Waals surface area contributed by atoms with Crippen LogP contribution in [0.5, 0.6) is 0 Å². The van der Waals surface area contributed by atoms with Crippen LogP contribution in [0.3, 0.4) is 0 Å². The molecule has 0 saturated carbocycles. The van der Waals surface area contributed by atoms with Crippen molar-refractivity contribution < 1.29 is 14.7 Å². The van der Waals surface area contributed by atoms with Gasteiger partial charge in [-0.3, -0.25) is 4.79 Å². The number of hydrogen-bond donors (Lipinski definition) is 2. The minimum atomic E-state index is -0.984. The van der Waals surface area contributed by atoms with Crippen LogP contribution in [0, 0.1) is 5.92 Å². The topological polar surface area (TPSA) is 66.4 Å². The van der Waals surface area contributed by atoms with Crippen molar-refractivity contribution in [1.29, 1.82) is 0 Å². The summed E-state index contributed by atoms with van der Waals surface area (Å²) in [5.74, 6) is -1.09. The molecule has 0 spiro atoms. The second kappa shape index (κ2) is 9.34. The number of rotatable bonds is 8. The molecule has 0 aromatic heterocycles. The van der Waals surface area contributed by atoms with E-state index in [1.807, 2.05) is 34.6 Å². The van der Waals surface area contributed by atoms with Crippen LogP contribution < -0.4 is 5.32 Å². The van der Waals surface area contributed by atoms with Crippen LogP contribution in [-0.2, 0) is 9.59 Å². The first-order valence-electron chi connectivity index (χ1n) is 7.06. The summed E-state index contributed by atoms with van der Waals surface area (Å²) in [6, 6.07) is -0.815. The maximum Gasteiger partial charge on any atom is 0.326 e. The molecule has 0 radical (unpaired) electrons. The van der Waals surface area contributed by atoms with E-state index in [0.29, 0.717) is 6.42 Å². The first-order chi connectivity index (χ1) is 9.22. The molecule has 0 saturated heterocycles. The van der Waals surface area contributed by atoms with Gasteiger partial charge in [0.25, 0.3) is 0 Å². The number of hydrogen-bond acceptors (Lipinski definition) is 2. The number of amides is 1. The molecule has 0 fully saturated rings. The van der Waals surface area contributed by atoms with Crippen LogP contribution in [0.15, 0.2) is 23.3 Å². The number of carboxylic acid groups (broad SMARTS) is 1. The Hall–Kier alpha value is -1.58. The quantitative estimate of drug-likeness (QED) is 0.530. The Balaban J connectivity index is 4.43. The predicted molar refractivity (Wildman–Crippen MR) is 81.4 cm³/mol. The highest BCUT2D eigenvalue weighted by molar-refractivity contribution is 5.91. The zero-order valence-corrected chi connectivity index (χ0v) is 13.2. The van der Waals surface area contributed by atoms with E-state index in [0.717, 1.165) is 18.4 Å². The zero-order chi connectivity index (χ0) is 15.7. The van der Waals surface area contributed by atoms with Crippen LogP contribution in [0.4, 0.5) is 0 Å². The SMILES string of the molecule is CC(C)=CCCC(C)=CC(=O)N[C@@H](CC(C)C)C(=O)O. The summed E-state index contributed by atoms with van der Waals surface area (Å²) in [5, 5.41) is 11.6. The molecule has 114 valence electrons. The highest BCUT2D eigenvalue weighted by Gasteiger charge is 2.20. The van der Waals surface area contributed by atoms with Gasteiger partial charge in [0.15, 0.2) is 0 Å². The van der Waals surface area contributed by atoms with E-state index in [1.54, 1.807) is 0 Å². The number of allylic oxidation sites excluding steroid dienone is 3. The van der Waals surface area contributed by atoms with Gasteiger partial charge in [0.1, 0.15) is 6.04 Å². The van der Waals surface area contributed by atoms with Crippen LogP contribution in [-0.4, -0.2) is 23.0 Å². The largest absolute Gasteiger partial charge is 0.480 e. The van der Waals surface area contributed by atoms with E-state index in [9.17, 15) is 9.59 Å². The van der Waals surface area contributed by atoms with E-state index in [4.69, 9.17) is 5.11 Å². The molecular weight excluding hydrogens is 254 g/mol. The average molecular weight is 281 g/mol. The zero-order valence-electron chi connectivity index (χ0n) is 13.2. The van der Waals surface area contributed by atoms with Crippen LogP contribution >= 0.6 is 0 Å². The molecule has 0 aliphatic heterocycles. The van der Waals surface area contributed by atoms with Crippen LogP contribution in [0.25, 0.3) is 0 Å². The van der Waals surface area contributed by atoms with Gasteiger partial charge in [-0.25, -0.2) is 4.79 Å². The molecule has 20 heavy (non-hydrogen) atoms. The van der Waals surface area contributed by atoms with Crippen LogP contribution in [0.1, 0.15) is 53.9 Å². The van der Waals surface area contributed by atoms with Crippen molar-refractivity contribution in [2.24, 2.45) is 5.92 Å². The molecule has 4 nitrogen and oxygen atoms in total. The molecule has 0 aliphatic rings. The van der Waals surface area contributed by atoms with Gasteiger partial charge >= 0.3 is 5.97 Å². The Bertz CT molecular complexity index is 391. The lowest BCUT2D eigenvalue weighted by molar-refractivity contribution is -0.141. The number of carbonyl (C=O) groups excluding carboxylic acids is 1. The van der Waals surface area contributed by atoms with Crippen molar-refractivity contribution in [3.05, 3.63) is 23.3 Å². The standard InChI is InChI=1S/C16H27NO3/c1-11(2)7-6-8-13(5)10-15(18)17-14(16(19)20)9-12(3)4/h7,10,12,14H,6,8-9H2,1-5H3,(H,17,18)(H,19,20)/t14-/m0/s1. The average Bonchev–Trinajstić information content (AvgIpc) is 2.26. The third kappa shape index (κ3) is 9.36. The maximum absolute atomic E-state index is 11.8. The minimum absolute atomic E-state index is 0.221. The third-order valence-corrected chi connectivity index (χ3v) is 2.79. The number of aliphatic carboxylic acids is 1. The molecule has 1 atom stereocenters. The second-order valence-corrected chi connectivity index (χ2v) is 5.84. The van der Waals surface area contributed by atoms with Gasteiger partial charge in [0.05, 0.1) is 0 Å². The smallest absolute Gasteiger partial charge is 0.326 e. The molecule has 0 aromatic carbocycles. The van der Waals surface area contributed by atoms with Crippen molar-refractivity contribution in [3.8, 4) is 0 Å². The van der Waals surface area contributed by atoms with Crippen LogP contribution in [0.2, 0.25) is 0 Å². The normalized spacial score (nSPS) is 13.0. The maximum atomic E-state index is 11.8. The van der Waals surface area contributed by atoms with Crippen molar-refractivity contribution in [3.63, 3.8) is 0 Å². The van der Waals surface area contributed by atoms with Gasteiger partial charge in [-0.15, -0.1) is 0 Å². The third-order valence-electron chi connectivity index (χ3n) is 2.79. The first kappa shape index (κ1) is 18.4. The summed E-state index contributed by atoms with van der Waals surface area (Å²) >= 11 is 0. The Morgan fingerprint density at radius 3 is 2.25 bits per heavy atom. The summed E-state index contributed by atoms with van der Waals surface area (Å²) in [7, 11) is 0. The summed E-state index contributed by atoms with van der Waals surface area (Å²) in [4.78, 5) is 22.8. The highest BCUT2D eigenvalue weighted by atomic mass is 16.4. The van der Waals surface area contributed by atoms with Gasteiger partial charge in [0, 0.05) is 6.08 Å². The van der Waals surface area contributed by atoms with E-state index in [-0.39, 0.29) is 11.8 Å². The fourth-order valence-electron chi connectivity index (χ4n) is 1.79. The van der Waals surface area contributed by atoms with Gasteiger partial charge in [-0.2, -0.15) is 0 Å². The van der Waals surface area contributed by atoms with Gasteiger partial charge in [-0.05, 0) is 46.0 Å². The number of carbonyl (C=O) groups is 2. The fourth-order valence-corrected chi connectivity index (χ4v) is 1.79. The molecule has 0 rings (SSSR count). The first-order valence-corrected chi connectivity index (χ1v) is 7.06. The van der Waals surface area contributed by atoms with Gasteiger partial charge in [-0.1, -0.05) is 31.1 Å². The lowest BCUT2D eigenvalue weighted by atomic mass is 10.0. The molecule has 2 N–H and O–H groups in total. The Labute approximate surface area is 122 Å². The fraction of sp³-hybridized carbons (Fsp3) is 0.625. The van der Waals surface area contributed by atoms with E-state index in [2.05, 4.69) is 11.4 Å². The van der Waals surface area contributed by atoms with Crippen molar-refractivity contribution in [2.45, 2.75) is 59.9 Å². The summed E-state index contributed by atoms with van der Waals surface area (Å²) in [6.07, 6.45) is 5.75. The molecule has 0 aliphatic carbocycles. The van der Waals surface area contributed by atoms with Crippen molar-refractivity contribution in [1.82, 2.24) is 5.32 Å². The number of carboxylic acids is 1. The second-order valence-electron chi connectivity index (χ2n) is 5.84. The lowest BCUT2D eigenvalue weighted by Crippen LogP contribution is -2.40. The Morgan fingerprint density at radius 1 is 1.20 bits per heavy atom. The molecule has 0 aromatic rings. The molecule has 0 unspecified atom stereocenters. The van der Waals surface area contributed by atoms with Crippen molar-refractivity contribution in [2.75, 3.05) is 0 Å². The van der Waals surface area contributed by atoms with Gasteiger partial charge in [0.2, 0.25) is 5.91 Å². The molecule has 0 heterocycles. The highest BCUT2D eigenvalue weighted by Crippen LogP contribution is 2.08. The summed E-state index contributed by atoms with van der Waals surface area (Å²) < 4.78 is 0. The van der Waals surface area contributed by atoms with E-state index >= 15 is 0 Å². The van der Waals surface area contributed by atoms with Gasteiger partial charge < -0.3 is 10.4 Å². The predicted octanol–water partition coefficient (Wildman–Crippen LogP) is 3.29. The summed E-state index contributed by atoms with van der Waals surface area (Å²) in [5.41, 5.74) is 2.21. The number of nitrogens with one attached hydrogen (secondary N) is 1. The minimum Gasteiger partial charge on any atom is -0.480 e. The molecule has 0 bridgehead atoms. The van der Waals surface area contributed by atoms with E-state index < -0.39 is 12.0 Å². The molecular formula is C16H27NO3. The summed E-state index contributed by atoms with van der Waals surface area (Å²) in [6.45, 7) is 9.83. The molecule has 1 amide bonds. The Kier molecular flexibility index (Phi) is 8.61. The van der Waals surface area contributed by atoms with Crippen molar-refractivity contribution >= 4 is 11.9 Å². The molecule has 4 heteroatoms. The van der Waals surface area contributed by atoms with E-state index in [1.165, 1.54) is 11.6 Å².